The number of hydrogen-bond donors (Lipinski definition) is 2. The minimum atomic E-state index is -3.25. The number of nitrogens with zero attached hydrogens (tertiary/aromatic N) is 1. The monoisotopic (exact) mass is 327 g/mol. The van der Waals surface area contributed by atoms with Crippen molar-refractivity contribution in [1.29, 1.82) is 0 Å². The maximum absolute atomic E-state index is 11.3. The van der Waals surface area contributed by atoms with E-state index in [9.17, 15) is 13.5 Å². The molecule has 1 fully saturated rings. The molecule has 2 N–H and O–H groups in total. The maximum Gasteiger partial charge on any atom is 0.229 e. The van der Waals surface area contributed by atoms with E-state index in [4.69, 9.17) is 0 Å². The van der Waals surface area contributed by atoms with E-state index in [-0.39, 0.29) is 6.61 Å². The second-order valence-corrected chi connectivity index (χ2v) is 8.07. The van der Waals surface area contributed by atoms with Crippen LogP contribution in [-0.4, -0.2) is 45.5 Å². The predicted octanol–water partition coefficient (Wildman–Crippen LogP) is 2.32. The van der Waals surface area contributed by atoms with Gasteiger partial charge in [0.25, 0.3) is 0 Å². The van der Waals surface area contributed by atoms with Crippen LogP contribution in [0, 0.1) is 0 Å². The first-order chi connectivity index (χ1) is 10.4. The Labute approximate surface area is 133 Å². The van der Waals surface area contributed by atoms with Crippen molar-refractivity contribution in [3.05, 3.63) is 24.3 Å². The van der Waals surface area contributed by atoms with Crippen molar-refractivity contribution in [3.8, 4) is 0 Å². The summed E-state index contributed by atoms with van der Waals surface area (Å²) in [7, 11) is -3.25. The quantitative estimate of drug-likeness (QED) is 0.816. The van der Waals surface area contributed by atoms with Gasteiger partial charge in [-0.1, -0.05) is 0 Å². The Balaban J connectivity index is 2.32. The summed E-state index contributed by atoms with van der Waals surface area (Å²) in [6.07, 6.45) is 5.94. The summed E-state index contributed by atoms with van der Waals surface area (Å²) < 4.78 is 25.9. The number of benzene rings is 1. The molecule has 22 heavy (non-hydrogen) atoms. The molecule has 1 saturated heterocycles. The van der Waals surface area contributed by atoms with Gasteiger partial charge in [0.2, 0.25) is 10.0 Å². The van der Waals surface area contributed by atoms with Gasteiger partial charge in [-0.3, -0.25) is 9.21 Å². The third-order valence-electron chi connectivity index (χ3n) is 4.71. The molecule has 0 amide bonds. The molecule has 2 rings (SSSR count). The van der Waals surface area contributed by atoms with Crippen LogP contribution in [0.4, 0.5) is 11.4 Å². The SMILES string of the molecule is CC1CCCCC[N+]1(CCO)c1ccc(NS(C)(=O)=O)cc1. The van der Waals surface area contributed by atoms with Crippen LogP contribution < -0.4 is 9.21 Å². The van der Waals surface area contributed by atoms with E-state index in [0.29, 0.717) is 18.3 Å². The van der Waals surface area contributed by atoms with Crippen molar-refractivity contribution in [2.45, 2.75) is 38.6 Å². The van der Waals surface area contributed by atoms with Crippen molar-refractivity contribution >= 4 is 21.4 Å². The number of hydrogen-bond acceptors (Lipinski definition) is 3. The van der Waals surface area contributed by atoms with Crippen molar-refractivity contribution < 1.29 is 13.5 Å². The van der Waals surface area contributed by atoms with Crippen LogP contribution in [0.3, 0.4) is 0 Å². The molecular formula is C16H27N2O3S+. The highest BCUT2D eigenvalue weighted by Gasteiger charge is 2.36. The number of sulfonamides is 1. The van der Waals surface area contributed by atoms with Gasteiger partial charge < -0.3 is 5.11 Å². The predicted molar refractivity (Wildman–Crippen MR) is 91.5 cm³/mol. The van der Waals surface area contributed by atoms with E-state index < -0.39 is 10.0 Å². The zero-order valence-corrected chi connectivity index (χ0v) is 14.3. The third kappa shape index (κ3) is 4.00. The van der Waals surface area contributed by atoms with Crippen LogP contribution in [0.5, 0.6) is 0 Å². The number of anilines is 1. The Morgan fingerprint density at radius 3 is 2.50 bits per heavy atom. The Bertz CT molecular complexity index is 586. The van der Waals surface area contributed by atoms with Crippen LogP contribution in [0.25, 0.3) is 0 Å². The molecule has 0 spiro atoms. The van der Waals surface area contributed by atoms with E-state index >= 15 is 0 Å². The smallest absolute Gasteiger partial charge is 0.229 e. The van der Waals surface area contributed by atoms with Gasteiger partial charge in [0.1, 0.15) is 12.2 Å². The zero-order valence-electron chi connectivity index (χ0n) is 13.5. The molecule has 1 aliphatic heterocycles. The number of likely N-dealkylation sites (tertiary alicyclic amines) is 1. The number of aliphatic hydroxyl groups is 1. The lowest BCUT2D eigenvalue weighted by Crippen LogP contribution is -2.57. The molecule has 1 aliphatic rings. The molecule has 124 valence electrons. The van der Waals surface area contributed by atoms with E-state index in [0.717, 1.165) is 35.8 Å². The molecule has 0 bridgehead atoms. The fourth-order valence-electron chi connectivity index (χ4n) is 3.54. The first-order valence-electron chi connectivity index (χ1n) is 7.93. The Kier molecular flexibility index (Phi) is 5.47. The highest BCUT2D eigenvalue weighted by molar-refractivity contribution is 7.92. The summed E-state index contributed by atoms with van der Waals surface area (Å²) in [5.41, 5.74) is 1.73. The van der Waals surface area contributed by atoms with E-state index in [1.165, 1.54) is 12.8 Å². The fraction of sp³-hybridized carbons (Fsp3) is 0.625. The van der Waals surface area contributed by atoms with Gasteiger partial charge in [-0.2, -0.15) is 0 Å². The molecular weight excluding hydrogens is 300 g/mol. The topological polar surface area (TPSA) is 66.4 Å². The van der Waals surface area contributed by atoms with Gasteiger partial charge in [-0.25, -0.2) is 8.42 Å². The molecule has 6 heteroatoms. The number of aliphatic hydroxyl groups excluding tert-OH is 1. The number of nitrogens with one attached hydrogen (secondary N) is 1. The summed E-state index contributed by atoms with van der Waals surface area (Å²) in [6, 6.07) is 8.07. The minimum absolute atomic E-state index is 0.160. The third-order valence-corrected chi connectivity index (χ3v) is 5.31. The lowest BCUT2D eigenvalue weighted by molar-refractivity contribution is 0.163. The molecule has 1 aromatic carbocycles. The van der Waals surface area contributed by atoms with Crippen molar-refractivity contribution in [2.24, 2.45) is 0 Å². The van der Waals surface area contributed by atoms with Crippen LogP contribution in [0.15, 0.2) is 24.3 Å². The van der Waals surface area contributed by atoms with Crippen LogP contribution in [0.1, 0.15) is 32.6 Å². The molecule has 5 nitrogen and oxygen atoms in total. The Hall–Kier alpha value is -1.11. The summed E-state index contributed by atoms with van der Waals surface area (Å²) >= 11 is 0. The van der Waals surface area contributed by atoms with Crippen molar-refractivity contribution in [3.63, 3.8) is 0 Å². The first-order valence-corrected chi connectivity index (χ1v) is 9.82. The van der Waals surface area contributed by atoms with Gasteiger partial charge in [-0.05, 0) is 44.7 Å². The molecule has 0 aromatic heterocycles. The Morgan fingerprint density at radius 2 is 1.91 bits per heavy atom. The maximum atomic E-state index is 11.3. The molecule has 2 unspecified atom stereocenters. The van der Waals surface area contributed by atoms with Crippen LogP contribution in [-0.2, 0) is 10.0 Å². The van der Waals surface area contributed by atoms with Gasteiger partial charge in [0.15, 0.2) is 0 Å². The van der Waals surface area contributed by atoms with Gasteiger partial charge in [0, 0.05) is 17.8 Å². The number of quaternary nitrogens is 1. The summed E-state index contributed by atoms with van der Waals surface area (Å²) in [5, 5.41) is 9.55. The molecule has 0 radical (unpaired) electrons. The van der Waals surface area contributed by atoms with E-state index in [2.05, 4.69) is 11.6 Å². The molecule has 2 atom stereocenters. The number of rotatable bonds is 5. The van der Waals surface area contributed by atoms with Crippen molar-refractivity contribution in [1.82, 2.24) is 4.48 Å². The molecule has 0 saturated carbocycles. The first kappa shape index (κ1) is 17.2. The lowest BCUT2D eigenvalue weighted by Gasteiger charge is -2.42. The minimum Gasteiger partial charge on any atom is -0.390 e. The second kappa shape index (κ2) is 6.98. The van der Waals surface area contributed by atoms with Gasteiger partial charge in [-0.15, -0.1) is 0 Å². The zero-order chi connectivity index (χ0) is 16.2. The Morgan fingerprint density at radius 1 is 1.23 bits per heavy atom. The molecule has 1 aromatic rings. The highest BCUT2D eigenvalue weighted by atomic mass is 32.2. The average Bonchev–Trinajstić information content (AvgIpc) is 2.62. The fourth-order valence-corrected chi connectivity index (χ4v) is 4.11. The second-order valence-electron chi connectivity index (χ2n) is 6.32. The highest BCUT2D eigenvalue weighted by Crippen LogP contribution is 2.33. The van der Waals surface area contributed by atoms with Crippen LogP contribution in [0.2, 0.25) is 0 Å². The standard InChI is InChI=1S/C16H27N2O3S/c1-14-6-4-3-5-11-18(14,12-13-19)16-9-7-15(8-10-16)17-22(2,20)21/h7-10,14,17,19H,3-6,11-13H2,1-2H3/q+1. The van der Waals surface area contributed by atoms with E-state index in [1.54, 1.807) is 0 Å². The van der Waals surface area contributed by atoms with Crippen molar-refractivity contribution in [2.75, 3.05) is 30.7 Å². The normalized spacial score (nSPS) is 26.4. The van der Waals surface area contributed by atoms with Gasteiger partial charge in [0.05, 0.1) is 25.4 Å². The summed E-state index contributed by atoms with van der Waals surface area (Å²) in [4.78, 5) is 0. The van der Waals surface area contributed by atoms with E-state index in [1.807, 2.05) is 24.3 Å². The largest absolute Gasteiger partial charge is 0.390 e. The molecule has 0 aliphatic carbocycles. The van der Waals surface area contributed by atoms with Gasteiger partial charge >= 0.3 is 0 Å². The average molecular weight is 327 g/mol. The summed E-state index contributed by atoms with van der Waals surface area (Å²) in [5.74, 6) is 0. The van der Waals surface area contributed by atoms with Crippen LogP contribution >= 0.6 is 0 Å². The lowest BCUT2D eigenvalue weighted by atomic mass is 10.1. The molecule has 1 heterocycles. The summed E-state index contributed by atoms with van der Waals surface area (Å²) in [6.45, 7) is 4.15.